The van der Waals surface area contributed by atoms with Gasteiger partial charge in [-0.05, 0) is 50.9 Å². The van der Waals surface area contributed by atoms with Gasteiger partial charge >= 0.3 is 0 Å². The molecule has 126 valence electrons. The second-order valence-electron chi connectivity index (χ2n) is 6.93. The molecule has 2 fully saturated rings. The van der Waals surface area contributed by atoms with E-state index >= 15 is 0 Å². The highest BCUT2D eigenvalue weighted by Gasteiger charge is 2.38. The summed E-state index contributed by atoms with van der Waals surface area (Å²) in [6.07, 6.45) is 11.4. The number of H-pyrrole nitrogens is 1. The molecule has 1 aromatic heterocycles. The molecule has 2 N–H and O–H groups in total. The van der Waals surface area contributed by atoms with E-state index in [4.69, 9.17) is 0 Å². The number of carbonyl (C=O) groups is 1. The Morgan fingerprint density at radius 3 is 2.52 bits per heavy atom. The fourth-order valence-electron chi connectivity index (χ4n) is 4.12. The van der Waals surface area contributed by atoms with Gasteiger partial charge in [-0.2, -0.15) is 0 Å². The SMILES string of the molecule is O=C(NCC1(N2CCCCC2)CCCCC1)c1ccc[nH]c1=O. The molecule has 1 aliphatic heterocycles. The molecule has 5 heteroatoms. The summed E-state index contributed by atoms with van der Waals surface area (Å²) in [5, 5.41) is 3.05. The van der Waals surface area contributed by atoms with Crippen LogP contribution in [-0.2, 0) is 0 Å². The lowest BCUT2D eigenvalue weighted by Gasteiger charge is -2.48. The number of piperidine rings is 1. The number of aromatic nitrogens is 1. The fourth-order valence-corrected chi connectivity index (χ4v) is 4.12. The van der Waals surface area contributed by atoms with E-state index in [9.17, 15) is 9.59 Å². The van der Waals surface area contributed by atoms with Crippen molar-refractivity contribution >= 4 is 5.91 Å². The minimum Gasteiger partial charge on any atom is -0.350 e. The molecule has 0 spiro atoms. The molecule has 23 heavy (non-hydrogen) atoms. The zero-order chi connectivity index (χ0) is 16.1. The molecule has 1 saturated carbocycles. The van der Waals surface area contributed by atoms with Crippen molar-refractivity contribution in [3.63, 3.8) is 0 Å². The van der Waals surface area contributed by atoms with Crippen molar-refractivity contribution in [2.24, 2.45) is 0 Å². The maximum atomic E-state index is 12.4. The van der Waals surface area contributed by atoms with Crippen molar-refractivity contribution in [2.45, 2.75) is 56.9 Å². The van der Waals surface area contributed by atoms with Crippen LogP contribution in [0.5, 0.6) is 0 Å². The van der Waals surface area contributed by atoms with Crippen molar-refractivity contribution in [3.05, 3.63) is 34.2 Å². The van der Waals surface area contributed by atoms with Gasteiger partial charge in [-0.25, -0.2) is 0 Å². The van der Waals surface area contributed by atoms with Crippen LogP contribution in [0, 0.1) is 0 Å². The monoisotopic (exact) mass is 317 g/mol. The Kier molecular flexibility index (Phi) is 5.16. The van der Waals surface area contributed by atoms with Crippen molar-refractivity contribution in [1.82, 2.24) is 15.2 Å². The summed E-state index contributed by atoms with van der Waals surface area (Å²) in [6.45, 7) is 2.93. The first-order valence-electron chi connectivity index (χ1n) is 8.92. The minimum atomic E-state index is -0.319. The second-order valence-corrected chi connectivity index (χ2v) is 6.93. The first-order valence-corrected chi connectivity index (χ1v) is 8.92. The Morgan fingerprint density at radius 1 is 1.13 bits per heavy atom. The number of hydrogen-bond acceptors (Lipinski definition) is 3. The van der Waals surface area contributed by atoms with E-state index < -0.39 is 0 Å². The molecule has 1 saturated heterocycles. The molecule has 2 heterocycles. The summed E-state index contributed by atoms with van der Waals surface area (Å²) in [5.74, 6) is -0.256. The zero-order valence-corrected chi connectivity index (χ0v) is 13.8. The molecule has 3 rings (SSSR count). The summed E-state index contributed by atoms with van der Waals surface area (Å²) in [4.78, 5) is 29.3. The van der Waals surface area contributed by atoms with E-state index in [2.05, 4.69) is 15.2 Å². The first-order chi connectivity index (χ1) is 11.2. The summed E-state index contributed by atoms with van der Waals surface area (Å²) in [5.41, 5.74) is -0.0200. The van der Waals surface area contributed by atoms with Crippen LogP contribution in [0.1, 0.15) is 61.7 Å². The summed E-state index contributed by atoms with van der Waals surface area (Å²) in [6, 6.07) is 3.28. The maximum absolute atomic E-state index is 12.4. The van der Waals surface area contributed by atoms with Crippen LogP contribution in [-0.4, -0.2) is 41.0 Å². The average Bonchev–Trinajstić information content (AvgIpc) is 2.62. The van der Waals surface area contributed by atoms with Crippen molar-refractivity contribution in [1.29, 1.82) is 0 Å². The molecule has 1 aliphatic carbocycles. The number of likely N-dealkylation sites (tertiary alicyclic amines) is 1. The van der Waals surface area contributed by atoms with Gasteiger partial charge in [-0.1, -0.05) is 25.7 Å². The van der Waals surface area contributed by atoms with Gasteiger partial charge < -0.3 is 10.3 Å². The molecule has 0 radical (unpaired) electrons. The van der Waals surface area contributed by atoms with Crippen molar-refractivity contribution < 1.29 is 4.79 Å². The Balaban J connectivity index is 1.70. The lowest BCUT2D eigenvalue weighted by atomic mass is 9.79. The lowest BCUT2D eigenvalue weighted by molar-refractivity contribution is 0.0326. The highest BCUT2D eigenvalue weighted by Crippen LogP contribution is 2.35. The van der Waals surface area contributed by atoms with Crippen LogP contribution in [0.3, 0.4) is 0 Å². The predicted molar refractivity (Wildman–Crippen MR) is 90.6 cm³/mol. The maximum Gasteiger partial charge on any atom is 0.260 e. The topological polar surface area (TPSA) is 65.2 Å². The van der Waals surface area contributed by atoms with Crippen LogP contribution in [0.15, 0.2) is 23.1 Å². The molecule has 0 atom stereocenters. The number of pyridine rings is 1. The number of aromatic amines is 1. The van der Waals surface area contributed by atoms with Gasteiger partial charge in [0.1, 0.15) is 5.56 Å². The van der Waals surface area contributed by atoms with Crippen molar-refractivity contribution in [2.75, 3.05) is 19.6 Å². The third-order valence-corrected chi connectivity index (χ3v) is 5.45. The zero-order valence-electron chi connectivity index (χ0n) is 13.8. The van der Waals surface area contributed by atoms with Gasteiger partial charge in [0.05, 0.1) is 0 Å². The van der Waals surface area contributed by atoms with E-state index in [-0.39, 0.29) is 22.6 Å². The number of hydrogen-bond donors (Lipinski definition) is 2. The third kappa shape index (κ3) is 3.66. The van der Waals surface area contributed by atoms with Crippen molar-refractivity contribution in [3.8, 4) is 0 Å². The second kappa shape index (κ2) is 7.30. The fraction of sp³-hybridized carbons (Fsp3) is 0.667. The molecule has 0 aromatic carbocycles. The van der Waals surface area contributed by atoms with Gasteiger partial charge in [-0.15, -0.1) is 0 Å². The molecule has 2 aliphatic rings. The van der Waals surface area contributed by atoms with Crippen LogP contribution in [0.2, 0.25) is 0 Å². The molecule has 5 nitrogen and oxygen atoms in total. The highest BCUT2D eigenvalue weighted by atomic mass is 16.2. The van der Waals surface area contributed by atoms with Gasteiger partial charge in [0.15, 0.2) is 0 Å². The number of nitrogens with one attached hydrogen (secondary N) is 2. The lowest BCUT2D eigenvalue weighted by Crippen LogP contribution is -2.58. The number of amides is 1. The van der Waals surface area contributed by atoms with E-state index in [1.165, 1.54) is 38.5 Å². The number of rotatable bonds is 4. The smallest absolute Gasteiger partial charge is 0.260 e. The summed E-state index contributed by atoms with van der Waals surface area (Å²) < 4.78 is 0. The van der Waals surface area contributed by atoms with Crippen LogP contribution in [0.4, 0.5) is 0 Å². The van der Waals surface area contributed by atoms with Gasteiger partial charge in [0, 0.05) is 18.3 Å². The molecule has 0 bridgehead atoms. The van der Waals surface area contributed by atoms with E-state index in [0.29, 0.717) is 6.54 Å². The quantitative estimate of drug-likeness (QED) is 0.895. The Hall–Kier alpha value is -1.62. The van der Waals surface area contributed by atoms with E-state index in [1.807, 2.05) is 0 Å². The molecule has 1 aromatic rings. The number of nitrogens with zero attached hydrogens (tertiary/aromatic N) is 1. The molecule has 0 unspecified atom stereocenters. The largest absolute Gasteiger partial charge is 0.350 e. The van der Waals surface area contributed by atoms with Gasteiger partial charge in [0.2, 0.25) is 0 Å². The number of carbonyl (C=O) groups excluding carboxylic acids is 1. The van der Waals surface area contributed by atoms with Gasteiger partial charge in [0.25, 0.3) is 11.5 Å². The van der Waals surface area contributed by atoms with Crippen LogP contribution in [0.25, 0.3) is 0 Å². The average molecular weight is 317 g/mol. The standard InChI is InChI=1S/C18H27N3O2/c22-16-15(8-7-11-19-16)17(23)20-14-18(9-3-1-4-10-18)21-12-5-2-6-13-21/h7-8,11H,1-6,9-10,12-14H2,(H,19,22)(H,20,23). The van der Waals surface area contributed by atoms with Crippen LogP contribution < -0.4 is 10.9 Å². The third-order valence-electron chi connectivity index (χ3n) is 5.45. The predicted octanol–water partition coefficient (Wildman–Crippen LogP) is 2.29. The summed E-state index contributed by atoms with van der Waals surface area (Å²) in [7, 11) is 0. The van der Waals surface area contributed by atoms with E-state index in [0.717, 1.165) is 25.9 Å². The van der Waals surface area contributed by atoms with Crippen LogP contribution >= 0.6 is 0 Å². The Bertz CT molecular complexity index is 584. The Morgan fingerprint density at radius 2 is 1.83 bits per heavy atom. The molecular formula is C18H27N3O2. The first kappa shape index (κ1) is 16.2. The summed E-state index contributed by atoms with van der Waals surface area (Å²) >= 11 is 0. The minimum absolute atomic E-state index is 0.0931. The molecular weight excluding hydrogens is 290 g/mol. The van der Waals surface area contributed by atoms with E-state index in [1.54, 1.807) is 18.3 Å². The molecule has 1 amide bonds. The normalized spacial score (nSPS) is 21.7. The Labute approximate surface area is 137 Å². The van der Waals surface area contributed by atoms with Gasteiger partial charge in [-0.3, -0.25) is 14.5 Å². The highest BCUT2D eigenvalue weighted by molar-refractivity contribution is 5.93.